The van der Waals surface area contributed by atoms with Gasteiger partial charge in [0.1, 0.15) is 6.04 Å². The molecule has 0 bridgehead atoms. The lowest BCUT2D eigenvalue weighted by atomic mass is 10.0. The fourth-order valence-electron chi connectivity index (χ4n) is 3.27. The fraction of sp³-hybridized carbons (Fsp3) is 0.625. The van der Waals surface area contributed by atoms with Crippen molar-refractivity contribution in [2.24, 2.45) is 0 Å². The summed E-state index contributed by atoms with van der Waals surface area (Å²) < 4.78 is 0. The Hall–Kier alpha value is -1.46. The first-order chi connectivity index (χ1) is 10.4. The number of amides is 1. The van der Waals surface area contributed by atoms with Crippen molar-refractivity contribution in [3.63, 3.8) is 0 Å². The van der Waals surface area contributed by atoms with Gasteiger partial charge in [0.25, 0.3) is 0 Å². The Morgan fingerprint density at radius 3 is 2.57 bits per heavy atom. The van der Waals surface area contributed by atoms with Gasteiger partial charge in [-0.15, -0.1) is 0 Å². The van der Waals surface area contributed by atoms with Gasteiger partial charge in [0.05, 0.1) is 0 Å². The lowest BCUT2D eigenvalue weighted by Gasteiger charge is -2.38. The van der Waals surface area contributed by atoms with Crippen LogP contribution in [0.4, 0.5) is 0 Å². The molecular formula is C16H24N4O. The SMILES string of the molecule is O=C(C(c1cccnc1)N1CCNCC1)N1CCCCC1. The van der Waals surface area contributed by atoms with Crippen LogP contribution in [0, 0.1) is 0 Å². The van der Waals surface area contributed by atoms with Gasteiger partial charge >= 0.3 is 0 Å². The van der Waals surface area contributed by atoms with E-state index in [1.54, 1.807) is 6.20 Å². The number of likely N-dealkylation sites (tertiary alicyclic amines) is 1. The molecule has 1 amide bonds. The van der Waals surface area contributed by atoms with Crippen molar-refractivity contribution < 1.29 is 4.79 Å². The molecule has 0 spiro atoms. The van der Waals surface area contributed by atoms with Crippen LogP contribution in [0.1, 0.15) is 30.9 Å². The number of nitrogens with zero attached hydrogens (tertiary/aromatic N) is 3. The highest BCUT2D eigenvalue weighted by Gasteiger charge is 2.32. The van der Waals surface area contributed by atoms with Crippen LogP contribution in [-0.2, 0) is 4.79 Å². The third-order valence-electron chi connectivity index (χ3n) is 4.42. The van der Waals surface area contributed by atoms with Crippen LogP contribution in [-0.4, -0.2) is 60.0 Å². The highest BCUT2D eigenvalue weighted by molar-refractivity contribution is 5.83. The molecule has 2 fully saturated rings. The minimum atomic E-state index is -0.168. The van der Waals surface area contributed by atoms with Gasteiger partial charge in [-0.3, -0.25) is 14.7 Å². The summed E-state index contributed by atoms with van der Waals surface area (Å²) in [4.78, 5) is 21.6. The Morgan fingerprint density at radius 2 is 1.90 bits per heavy atom. The molecule has 0 saturated carbocycles. The van der Waals surface area contributed by atoms with Crippen LogP contribution in [0.25, 0.3) is 0 Å². The minimum absolute atomic E-state index is 0.168. The number of pyridine rings is 1. The summed E-state index contributed by atoms with van der Waals surface area (Å²) in [6.45, 7) is 5.54. The number of piperidine rings is 1. The molecule has 3 rings (SSSR count). The largest absolute Gasteiger partial charge is 0.341 e. The Morgan fingerprint density at radius 1 is 1.14 bits per heavy atom. The van der Waals surface area contributed by atoms with E-state index in [2.05, 4.69) is 15.2 Å². The third-order valence-corrected chi connectivity index (χ3v) is 4.42. The number of piperazine rings is 1. The Balaban J connectivity index is 1.82. The average Bonchev–Trinajstić information content (AvgIpc) is 2.58. The number of aromatic nitrogens is 1. The smallest absolute Gasteiger partial charge is 0.244 e. The number of carbonyl (C=O) groups is 1. The van der Waals surface area contributed by atoms with E-state index in [1.165, 1.54) is 6.42 Å². The van der Waals surface area contributed by atoms with Crippen molar-refractivity contribution in [3.8, 4) is 0 Å². The van der Waals surface area contributed by atoms with E-state index in [4.69, 9.17) is 0 Å². The standard InChI is InChI=1S/C16H24N4O/c21-16(20-9-2-1-3-10-20)15(14-5-4-6-18-13-14)19-11-7-17-8-12-19/h4-6,13,15,17H,1-3,7-12H2. The highest BCUT2D eigenvalue weighted by atomic mass is 16.2. The number of rotatable bonds is 3. The number of hydrogen-bond acceptors (Lipinski definition) is 4. The predicted octanol–water partition coefficient (Wildman–Crippen LogP) is 1.04. The minimum Gasteiger partial charge on any atom is -0.341 e. The summed E-state index contributed by atoms with van der Waals surface area (Å²) >= 11 is 0. The number of hydrogen-bond donors (Lipinski definition) is 1. The molecule has 1 atom stereocenters. The Bertz CT molecular complexity index is 453. The van der Waals surface area contributed by atoms with Crippen LogP contribution in [0.3, 0.4) is 0 Å². The van der Waals surface area contributed by atoms with Gasteiger partial charge in [0, 0.05) is 51.7 Å². The first-order valence-corrected chi connectivity index (χ1v) is 8.00. The summed E-state index contributed by atoms with van der Waals surface area (Å²) in [7, 11) is 0. The lowest BCUT2D eigenvalue weighted by molar-refractivity contribution is -0.138. The average molecular weight is 288 g/mol. The highest BCUT2D eigenvalue weighted by Crippen LogP contribution is 2.24. The third kappa shape index (κ3) is 3.41. The zero-order valence-electron chi connectivity index (χ0n) is 12.5. The second-order valence-electron chi connectivity index (χ2n) is 5.86. The maximum atomic E-state index is 13.0. The van der Waals surface area contributed by atoms with Crippen molar-refractivity contribution in [2.45, 2.75) is 25.3 Å². The summed E-state index contributed by atoms with van der Waals surface area (Å²) in [6, 6.07) is 3.79. The normalized spacial score (nSPS) is 22.0. The van der Waals surface area contributed by atoms with E-state index in [0.29, 0.717) is 0 Å². The van der Waals surface area contributed by atoms with E-state index in [9.17, 15) is 4.79 Å². The summed E-state index contributed by atoms with van der Waals surface area (Å²) in [5.74, 6) is 0.254. The summed E-state index contributed by atoms with van der Waals surface area (Å²) in [5, 5.41) is 3.36. The molecule has 2 saturated heterocycles. The summed E-state index contributed by atoms with van der Waals surface area (Å²) in [5.41, 5.74) is 1.02. The van der Waals surface area contributed by atoms with E-state index in [0.717, 1.165) is 57.7 Å². The van der Waals surface area contributed by atoms with E-state index < -0.39 is 0 Å². The lowest BCUT2D eigenvalue weighted by Crippen LogP contribution is -2.51. The molecule has 21 heavy (non-hydrogen) atoms. The number of carbonyl (C=O) groups excluding carboxylic acids is 1. The van der Waals surface area contributed by atoms with Gasteiger partial charge in [-0.05, 0) is 30.9 Å². The van der Waals surface area contributed by atoms with Gasteiger partial charge in [-0.2, -0.15) is 0 Å². The molecule has 5 nitrogen and oxygen atoms in total. The van der Waals surface area contributed by atoms with Crippen molar-refractivity contribution in [1.82, 2.24) is 20.1 Å². The van der Waals surface area contributed by atoms with Gasteiger partial charge in [-0.25, -0.2) is 0 Å². The summed E-state index contributed by atoms with van der Waals surface area (Å²) in [6.07, 6.45) is 7.12. The van der Waals surface area contributed by atoms with Crippen molar-refractivity contribution in [3.05, 3.63) is 30.1 Å². The molecule has 0 aromatic carbocycles. The zero-order chi connectivity index (χ0) is 14.5. The predicted molar refractivity (Wildman–Crippen MR) is 81.9 cm³/mol. The second-order valence-corrected chi connectivity index (χ2v) is 5.86. The monoisotopic (exact) mass is 288 g/mol. The van der Waals surface area contributed by atoms with Crippen LogP contribution >= 0.6 is 0 Å². The zero-order valence-corrected chi connectivity index (χ0v) is 12.5. The van der Waals surface area contributed by atoms with Crippen LogP contribution < -0.4 is 5.32 Å². The van der Waals surface area contributed by atoms with Gasteiger partial charge in [0.15, 0.2) is 0 Å². The molecule has 114 valence electrons. The van der Waals surface area contributed by atoms with E-state index in [-0.39, 0.29) is 11.9 Å². The maximum absolute atomic E-state index is 13.0. The molecule has 5 heteroatoms. The van der Waals surface area contributed by atoms with Gasteiger partial charge in [0.2, 0.25) is 5.91 Å². The first-order valence-electron chi connectivity index (χ1n) is 8.00. The first kappa shape index (κ1) is 14.5. The molecular weight excluding hydrogens is 264 g/mol. The molecule has 1 unspecified atom stereocenters. The molecule has 2 aliphatic heterocycles. The van der Waals surface area contributed by atoms with E-state index in [1.807, 2.05) is 23.2 Å². The molecule has 3 heterocycles. The quantitative estimate of drug-likeness (QED) is 0.903. The van der Waals surface area contributed by atoms with E-state index >= 15 is 0 Å². The van der Waals surface area contributed by atoms with Gasteiger partial charge in [-0.1, -0.05) is 6.07 Å². The van der Waals surface area contributed by atoms with Crippen molar-refractivity contribution in [2.75, 3.05) is 39.3 Å². The Labute approximate surface area is 126 Å². The molecule has 2 aliphatic rings. The van der Waals surface area contributed by atoms with Crippen LogP contribution in [0.5, 0.6) is 0 Å². The molecule has 1 aromatic rings. The van der Waals surface area contributed by atoms with Crippen molar-refractivity contribution >= 4 is 5.91 Å². The van der Waals surface area contributed by atoms with Gasteiger partial charge < -0.3 is 10.2 Å². The van der Waals surface area contributed by atoms with Crippen LogP contribution in [0.2, 0.25) is 0 Å². The van der Waals surface area contributed by atoms with Crippen LogP contribution in [0.15, 0.2) is 24.5 Å². The molecule has 0 aliphatic carbocycles. The number of nitrogens with one attached hydrogen (secondary N) is 1. The Kier molecular flexibility index (Phi) is 4.83. The second kappa shape index (κ2) is 7.00. The fourth-order valence-corrected chi connectivity index (χ4v) is 3.27. The molecule has 1 N–H and O–H groups in total. The molecule has 1 aromatic heterocycles. The van der Waals surface area contributed by atoms with Crippen molar-refractivity contribution in [1.29, 1.82) is 0 Å². The maximum Gasteiger partial charge on any atom is 0.244 e. The topological polar surface area (TPSA) is 48.5 Å². The molecule has 0 radical (unpaired) electrons.